The van der Waals surface area contributed by atoms with E-state index in [1.54, 1.807) is 0 Å². The number of hydrogen-bond acceptors (Lipinski definition) is 2. The van der Waals surface area contributed by atoms with E-state index in [4.69, 9.17) is 0 Å². The molecule has 2 amide bonds. The van der Waals surface area contributed by atoms with Crippen molar-refractivity contribution in [1.82, 2.24) is 4.90 Å². The fraction of sp³-hybridized carbons (Fsp3) is 0.316. The Morgan fingerprint density at radius 1 is 1.04 bits per heavy atom. The van der Waals surface area contributed by atoms with Gasteiger partial charge in [0.1, 0.15) is 0 Å². The summed E-state index contributed by atoms with van der Waals surface area (Å²) in [6.45, 7) is 7.43. The highest BCUT2D eigenvalue weighted by molar-refractivity contribution is 9.10. The van der Waals surface area contributed by atoms with Gasteiger partial charge in [-0.2, -0.15) is 0 Å². The van der Waals surface area contributed by atoms with E-state index >= 15 is 0 Å². The Morgan fingerprint density at radius 2 is 1.79 bits per heavy atom. The highest BCUT2D eigenvalue weighted by atomic mass is 79.9. The van der Waals surface area contributed by atoms with E-state index in [1.165, 1.54) is 16.8 Å². The predicted molar refractivity (Wildman–Crippen MR) is 103 cm³/mol. The zero-order valence-electron chi connectivity index (χ0n) is 14.1. The lowest BCUT2D eigenvalue weighted by molar-refractivity contribution is 0.208. The maximum Gasteiger partial charge on any atom is 0.321 e. The molecule has 0 unspecified atom stereocenters. The molecule has 2 aromatic carbocycles. The summed E-state index contributed by atoms with van der Waals surface area (Å²) < 4.78 is 0.958. The van der Waals surface area contributed by atoms with E-state index in [-0.39, 0.29) is 6.03 Å². The van der Waals surface area contributed by atoms with Crippen LogP contribution in [-0.4, -0.2) is 37.1 Å². The normalized spacial score (nSPS) is 14.6. The molecule has 1 saturated heterocycles. The van der Waals surface area contributed by atoms with E-state index in [0.29, 0.717) is 0 Å². The van der Waals surface area contributed by atoms with E-state index in [1.807, 2.05) is 29.2 Å². The molecule has 2 aromatic rings. The first-order chi connectivity index (χ1) is 11.5. The van der Waals surface area contributed by atoms with Gasteiger partial charge in [0.25, 0.3) is 0 Å². The van der Waals surface area contributed by atoms with Crippen molar-refractivity contribution in [2.75, 3.05) is 36.4 Å². The Hall–Kier alpha value is -2.01. The van der Waals surface area contributed by atoms with Crippen LogP contribution in [0.3, 0.4) is 0 Å². The van der Waals surface area contributed by atoms with Gasteiger partial charge in [-0.25, -0.2) is 4.79 Å². The molecule has 24 heavy (non-hydrogen) atoms. The highest BCUT2D eigenvalue weighted by Crippen LogP contribution is 2.23. The Balaban J connectivity index is 1.60. The number of nitrogens with zero attached hydrogens (tertiary/aromatic N) is 2. The molecule has 0 radical (unpaired) electrons. The second-order valence-corrected chi connectivity index (χ2v) is 7.12. The monoisotopic (exact) mass is 387 g/mol. The third kappa shape index (κ3) is 3.90. The predicted octanol–water partition coefficient (Wildman–Crippen LogP) is 4.42. The smallest absolute Gasteiger partial charge is 0.321 e. The minimum absolute atomic E-state index is 0.0336. The average molecular weight is 388 g/mol. The third-order valence-corrected chi connectivity index (χ3v) is 4.84. The number of amides is 2. The number of carbonyl (C=O) groups is 1. The van der Waals surface area contributed by atoms with Gasteiger partial charge in [-0.1, -0.05) is 34.1 Å². The molecular weight excluding hydrogens is 366 g/mol. The van der Waals surface area contributed by atoms with Gasteiger partial charge in [0.05, 0.1) is 0 Å². The molecule has 1 aliphatic heterocycles. The van der Waals surface area contributed by atoms with E-state index in [0.717, 1.165) is 36.3 Å². The third-order valence-electron chi connectivity index (χ3n) is 4.35. The van der Waals surface area contributed by atoms with Crippen LogP contribution in [0, 0.1) is 13.8 Å². The second-order valence-electron chi connectivity index (χ2n) is 6.20. The molecule has 1 aliphatic rings. The molecule has 1 heterocycles. The number of carbonyl (C=O) groups excluding carboxylic acids is 1. The summed E-state index contributed by atoms with van der Waals surface area (Å²) in [7, 11) is 0. The van der Waals surface area contributed by atoms with Gasteiger partial charge in [-0.3, -0.25) is 0 Å². The van der Waals surface area contributed by atoms with Gasteiger partial charge in [-0.05, 0) is 49.2 Å². The Labute approximate surface area is 151 Å². The van der Waals surface area contributed by atoms with Crippen LogP contribution in [0.15, 0.2) is 46.9 Å². The summed E-state index contributed by atoms with van der Waals surface area (Å²) in [5.41, 5.74) is 4.64. The summed E-state index contributed by atoms with van der Waals surface area (Å²) in [6.07, 6.45) is 0. The minimum atomic E-state index is -0.0336. The molecule has 0 aromatic heterocycles. The van der Waals surface area contributed by atoms with Crippen LogP contribution >= 0.6 is 15.9 Å². The van der Waals surface area contributed by atoms with E-state index < -0.39 is 0 Å². The van der Waals surface area contributed by atoms with Crippen LogP contribution in [0.25, 0.3) is 0 Å². The first kappa shape index (κ1) is 16.8. The zero-order valence-corrected chi connectivity index (χ0v) is 15.6. The quantitative estimate of drug-likeness (QED) is 0.827. The summed E-state index contributed by atoms with van der Waals surface area (Å²) in [5.74, 6) is 0. The van der Waals surface area contributed by atoms with Crippen LogP contribution in [0.1, 0.15) is 11.1 Å². The second kappa shape index (κ2) is 7.26. The topological polar surface area (TPSA) is 35.6 Å². The lowest BCUT2D eigenvalue weighted by Crippen LogP contribution is -2.50. The van der Waals surface area contributed by atoms with Gasteiger partial charge in [0, 0.05) is 42.0 Å². The fourth-order valence-electron chi connectivity index (χ4n) is 2.98. The van der Waals surface area contributed by atoms with E-state index in [9.17, 15) is 4.79 Å². The van der Waals surface area contributed by atoms with Crippen molar-refractivity contribution in [1.29, 1.82) is 0 Å². The van der Waals surface area contributed by atoms with Crippen molar-refractivity contribution < 1.29 is 4.79 Å². The SMILES string of the molecule is Cc1ccc(C)c(N2CCN(C(=O)Nc3cccc(Br)c3)CC2)c1. The Morgan fingerprint density at radius 3 is 2.50 bits per heavy atom. The Bertz CT molecular complexity index is 739. The number of nitrogens with one attached hydrogen (secondary N) is 1. The standard InChI is InChI=1S/C19H22BrN3O/c1-14-6-7-15(2)18(12-14)22-8-10-23(11-9-22)19(24)21-17-5-3-4-16(20)13-17/h3-7,12-13H,8-11H2,1-2H3,(H,21,24). The zero-order chi connectivity index (χ0) is 17.1. The molecule has 126 valence electrons. The van der Waals surface area contributed by atoms with Crippen LogP contribution in [-0.2, 0) is 0 Å². The summed E-state index contributed by atoms with van der Waals surface area (Å²) in [6, 6.07) is 14.2. The van der Waals surface area contributed by atoms with Crippen LogP contribution < -0.4 is 10.2 Å². The maximum absolute atomic E-state index is 12.4. The first-order valence-electron chi connectivity index (χ1n) is 8.16. The van der Waals surface area contributed by atoms with Crippen molar-refractivity contribution in [2.45, 2.75) is 13.8 Å². The van der Waals surface area contributed by atoms with Crippen LogP contribution in [0.5, 0.6) is 0 Å². The number of aryl methyl sites for hydroxylation is 2. The van der Waals surface area contributed by atoms with Crippen molar-refractivity contribution in [3.05, 3.63) is 58.1 Å². The van der Waals surface area contributed by atoms with Gasteiger partial charge in [-0.15, -0.1) is 0 Å². The lowest BCUT2D eigenvalue weighted by Gasteiger charge is -2.36. The van der Waals surface area contributed by atoms with Crippen molar-refractivity contribution in [3.8, 4) is 0 Å². The highest BCUT2D eigenvalue weighted by Gasteiger charge is 2.22. The molecule has 1 fully saturated rings. The molecule has 4 nitrogen and oxygen atoms in total. The molecule has 0 bridgehead atoms. The molecule has 0 atom stereocenters. The Kier molecular flexibility index (Phi) is 5.09. The minimum Gasteiger partial charge on any atom is -0.368 e. The molecule has 0 spiro atoms. The fourth-order valence-corrected chi connectivity index (χ4v) is 3.38. The number of anilines is 2. The summed E-state index contributed by atoms with van der Waals surface area (Å²) in [5, 5.41) is 2.97. The molecule has 0 saturated carbocycles. The van der Waals surface area contributed by atoms with Gasteiger partial charge >= 0.3 is 6.03 Å². The summed E-state index contributed by atoms with van der Waals surface area (Å²) in [4.78, 5) is 16.7. The lowest BCUT2D eigenvalue weighted by atomic mass is 10.1. The van der Waals surface area contributed by atoms with Crippen molar-refractivity contribution in [2.24, 2.45) is 0 Å². The van der Waals surface area contributed by atoms with E-state index in [2.05, 4.69) is 58.2 Å². The van der Waals surface area contributed by atoms with Gasteiger partial charge in [0.2, 0.25) is 0 Å². The largest absolute Gasteiger partial charge is 0.368 e. The van der Waals surface area contributed by atoms with Crippen LogP contribution in [0.4, 0.5) is 16.2 Å². The number of hydrogen-bond donors (Lipinski definition) is 1. The number of urea groups is 1. The number of piperazine rings is 1. The number of rotatable bonds is 2. The van der Waals surface area contributed by atoms with Crippen molar-refractivity contribution >= 4 is 33.3 Å². The van der Waals surface area contributed by atoms with Gasteiger partial charge in [0.15, 0.2) is 0 Å². The molecule has 3 rings (SSSR count). The van der Waals surface area contributed by atoms with Crippen molar-refractivity contribution in [3.63, 3.8) is 0 Å². The number of halogens is 1. The first-order valence-corrected chi connectivity index (χ1v) is 8.96. The number of benzene rings is 2. The molecule has 5 heteroatoms. The average Bonchev–Trinajstić information content (AvgIpc) is 2.57. The maximum atomic E-state index is 12.4. The molecular formula is C19H22BrN3O. The summed E-state index contributed by atoms with van der Waals surface area (Å²) >= 11 is 3.42. The molecule has 1 N–H and O–H groups in total. The van der Waals surface area contributed by atoms with Crippen LogP contribution in [0.2, 0.25) is 0 Å². The molecule has 0 aliphatic carbocycles. The van der Waals surface area contributed by atoms with Gasteiger partial charge < -0.3 is 15.1 Å².